The number of nitrogens with one attached hydrogen (secondary N) is 1. The first-order chi connectivity index (χ1) is 5.93. The van der Waals surface area contributed by atoms with Crippen LogP contribution >= 0.6 is 0 Å². The zero-order valence-electron chi connectivity index (χ0n) is 7.91. The standard InChI is InChI=1S/C8H16N2O3/c1-5(2)10-7(11)4-3-6(9)8(12)13/h5-6H,3-4,9H2,1-2H3,(H,10,11)(H,12,13)/t6-/m1/s1. The minimum atomic E-state index is -1.07. The van der Waals surface area contributed by atoms with E-state index in [1.807, 2.05) is 13.8 Å². The number of carbonyl (C=O) groups is 2. The van der Waals surface area contributed by atoms with Gasteiger partial charge < -0.3 is 16.2 Å². The number of carboxylic acids is 1. The number of aliphatic carboxylic acids is 1. The molecular formula is C8H16N2O3. The van der Waals surface area contributed by atoms with Crippen molar-refractivity contribution in [2.75, 3.05) is 0 Å². The molecule has 0 unspecified atom stereocenters. The number of hydrogen-bond acceptors (Lipinski definition) is 3. The molecule has 0 aromatic rings. The Morgan fingerprint density at radius 2 is 2.00 bits per heavy atom. The zero-order valence-corrected chi connectivity index (χ0v) is 7.91. The highest BCUT2D eigenvalue weighted by atomic mass is 16.4. The fraction of sp³-hybridized carbons (Fsp3) is 0.750. The second-order valence-electron chi connectivity index (χ2n) is 3.21. The summed E-state index contributed by atoms with van der Waals surface area (Å²) in [6.07, 6.45) is 0.333. The lowest BCUT2D eigenvalue weighted by molar-refractivity contribution is -0.138. The van der Waals surface area contributed by atoms with Gasteiger partial charge in [-0.1, -0.05) is 0 Å². The van der Waals surface area contributed by atoms with Gasteiger partial charge in [0.1, 0.15) is 6.04 Å². The summed E-state index contributed by atoms with van der Waals surface area (Å²) in [5, 5.41) is 11.1. The third kappa shape index (κ3) is 6.10. The molecule has 0 aromatic heterocycles. The van der Waals surface area contributed by atoms with Gasteiger partial charge in [-0.25, -0.2) is 0 Å². The van der Waals surface area contributed by atoms with Crippen molar-refractivity contribution in [2.24, 2.45) is 5.73 Å². The second kappa shape index (κ2) is 5.53. The predicted molar refractivity (Wildman–Crippen MR) is 48.1 cm³/mol. The first kappa shape index (κ1) is 11.9. The first-order valence-corrected chi connectivity index (χ1v) is 4.21. The van der Waals surface area contributed by atoms with Crippen molar-refractivity contribution in [2.45, 2.75) is 38.8 Å². The SMILES string of the molecule is CC(C)NC(=O)CC[C@@H](N)C(=O)O. The largest absolute Gasteiger partial charge is 0.480 e. The summed E-state index contributed by atoms with van der Waals surface area (Å²) in [5.74, 6) is -1.23. The molecular weight excluding hydrogens is 172 g/mol. The molecule has 0 spiro atoms. The highest BCUT2D eigenvalue weighted by Crippen LogP contribution is 1.95. The summed E-state index contributed by atoms with van der Waals surface area (Å²) in [6.45, 7) is 3.68. The van der Waals surface area contributed by atoms with Gasteiger partial charge in [0.2, 0.25) is 5.91 Å². The maximum Gasteiger partial charge on any atom is 0.320 e. The molecule has 4 N–H and O–H groups in total. The van der Waals surface area contributed by atoms with E-state index < -0.39 is 12.0 Å². The van der Waals surface area contributed by atoms with Crippen LogP contribution in [-0.4, -0.2) is 29.1 Å². The smallest absolute Gasteiger partial charge is 0.320 e. The number of amides is 1. The second-order valence-corrected chi connectivity index (χ2v) is 3.21. The summed E-state index contributed by atoms with van der Waals surface area (Å²) in [7, 11) is 0. The molecule has 13 heavy (non-hydrogen) atoms. The Morgan fingerprint density at radius 3 is 2.38 bits per heavy atom. The van der Waals surface area contributed by atoms with E-state index in [1.165, 1.54) is 0 Å². The maximum atomic E-state index is 11.0. The molecule has 0 radical (unpaired) electrons. The van der Waals surface area contributed by atoms with Gasteiger partial charge in [-0.05, 0) is 20.3 Å². The van der Waals surface area contributed by atoms with Crippen molar-refractivity contribution in [3.05, 3.63) is 0 Å². The Bertz CT molecular complexity index is 192. The molecule has 0 aliphatic carbocycles. The van der Waals surface area contributed by atoms with Gasteiger partial charge in [0.25, 0.3) is 0 Å². The van der Waals surface area contributed by atoms with Crippen LogP contribution in [0.25, 0.3) is 0 Å². The highest BCUT2D eigenvalue weighted by molar-refractivity contribution is 5.78. The van der Waals surface area contributed by atoms with E-state index in [9.17, 15) is 9.59 Å². The number of carboxylic acid groups (broad SMARTS) is 1. The average Bonchev–Trinajstić information content (AvgIpc) is 1.98. The maximum absolute atomic E-state index is 11.0. The average molecular weight is 188 g/mol. The van der Waals surface area contributed by atoms with Crippen LogP contribution < -0.4 is 11.1 Å². The van der Waals surface area contributed by atoms with Crippen LogP contribution in [0.15, 0.2) is 0 Å². The fourth-order valence-electron chi connectivity index (χ4n) is 0.804. The Hall–Kier alpha value is -1.10. The van der Waals surface area contributed by atoms with Gasteiger partial charge in [-0.3, -0.25) is 9.59 Å². The van der Waals surface area contributed by atoms with E-state index >= 15 is 0 Å². The number of hydrogen-bond donors (Lipinski definition) is 3. The lowest BCUT2D eigenvalue weighted by Crippen LogP contribution is -2.34. The molecule has 0 heterocycles. The molecule has 0 saturated carbocycles. The van der Waals surface area contributed by atoms with Crippen molar-refractivity contribution in [3.63, 3.8) is 0 Å². The Kier molecular flexibility index (Phi) is 5.06. The molecule has 0 aliphatic heterocycles. The van der Waals surface area contributed by atoms with E-state index in [1.54, 1.807) is 0 Å². The van der Waals surface area contributed by atoms with Crippen LogP contribution in [0.2, 0.25) is 0 Å². The fourth-order valence-corrected chi connectivity index (χ4v) is 0.804. The molecule has 0 saturated heterocycles. The molecule has 0 bridgehead atoms. The van der Waals surface area contributed by atoms with E-state index in [0.717, 1.165) is 0 Å². The normalized spacial score (nSPS) is 12.6. The van der Waals surface area contributed by atoms with Crippen LogP contribution in [0.1, 0.15) is 26.7 Å². The Balaban J connectivity index is 3.64. The number of rotatable bonds is 5. The Morgan fingerprint density at radius 1 is 1.46 bits per heavy atom. The molecule has 0 rings (SSSR count). The van der Waals surface area contributed by atoms with Crippen molar-refractivity contribution >= 4 is 11.9 Å². The monoisotopic (exact) mass is 188 g/mol. The number of nitrogens with two attached hydrogens (primary N) is 1. The molecule has 5 heteroatoms. The van der Waals surface area contributed by atoms with Crippen molar-refractivity contribution in [1.82, 2.24) is 5.32 Å². The lowest BCUT2D eigenvalue weighted by Gasteiger charge is -2.09. The predicted octanol–water partition coefficient (Wildman–Crippen LogP) is -0.297. The molecule has 1 amide bonds. The summed E-state index contributed by atoms with van der Waals surface area (Å²) in [4.78, 5) is 21.3. The third-order valence-corrected chi connectivity index (χ3v) is 1.45. The molecule has 0 aromatic carbocycles. The third-order valence-electron chi connectivity index (χ3n) is 1.45. The summed E-state index contributed by atoms with van der Waals surface area (Å²) < 4.78 is 0. The van der Waals surface area contributed by atoms with Crippen LogP contribution in [-0.2, 0) is 9.59 Å². The quantitative estimate of drug-likeness (QED) is 0.552. The lowest BCUT2D eigenvalue weighted by atomic mass is 10.1. The van der Waals surface area contributed by atoms with E-state index in [2.05, 4.69) is 5.32 Å². The Labute approximate surface area is 77.3 Å². The summed E-state index contributed by atoms with van der Waals surface area (Å²) >= 11 is 0. The topological polar surface area (TPSA) is 92.4 Å². The molecule has 5 nitrogen and oxygen atoms in total. The van der Waals surface area contributed by atoms with Gasteiger partial charge in [-0.2, -0.15) is 0 Å². The van der Waals surface area contributed by atoms with Crippen LogP contribution in [0.5, 0.6) is 0 Å². The van der Waals surface area contributed by atoms with E-state index in [-0.39, 0.29) is 24.8 Å². The minimum absolute atomic E-state index is 0.0774. The van der Waals surface area contributed by atoms with Gasteiger partial charge in [0.05, 0.1) is 0 Å². The van der Waals surface area contributed by atoms with Gasteiger partial charge >= 0.3 is 5.97 Å². The molecule has 76 valence electrons. The highest BCUT2D eigenvalue weighted by Gasteiger charge is 2.13. The first-order valence-electron chi connectivity index (χ1n) is 4.21. The molecule has 0 aliphatic rings. The van der Waals surface area contributed by atoms with Crippen molar-refractivity contribution in [1.29, 1.82) is 0 Å². The van der Waals surface area contributed by atoms with Gasteiger partial charge in [0.15, 0.2) is 0 Å². The van der Waals surface area contributed by atoms with Crippen molar-refractivity contribution in [3.8, 4) is 0 Å². The molecule has 1 atom stereocenters. The summed E-state index contributed by atoms with van der Waals surface area (Å²) in [6, 6.07) is -0.869. The zero-order chi connectivity index (χ0) is 10.4. The number of carbonyl (C=O) groups excluding carboxylic acids is 1. The van der Waals surface area contributed by atoms with Crippen LogP contribution in [0, 0.1) is 0 Å². The van der Waals surface area contributed by atoms with E-state index in [4.69, 9.17) is 10.8 Å². The van der Waals surface area contributed by atoms with Crippen molar-refractivity contribution < 1.29 is 14.7 Å². The molecule has 0 fully saturated rings. The van der Waals surface area contributed by atoms with Gasteiger partial charge in [-0.15, -0.1) is 0 Å². The summed E-state index contributed by atoms with van der Waals surface area (Å²) in [5.41, 5.74) is 5.22. The minimum Gasteiger partial charge on any atom is -0.480 e. The van der Waals surface area contributed by atoms with Gasteiger partial charge in [0, 0.05) is 12.5 Å². The van der Waals surface area contributed by atoms with Crippen LogP contribution in [0.3, 0.4) is 0 Å². The van der Waals surface area contributed by atoms with Crippen LogP contribution in [0.4, 0.5) is 0 Å². The van der Waals surface area contributed by atoms with E-state index in [0.29, 0.717) is 0 Å².